The molecule has 1 unspecified atom stereocenters. The van der Waals surface area contributed by atoms with Crippen molar-refractivity contribution in [2.45, 2.75) is 32.7 Å². The second kappa shape index (κ2) is 5.77. The molecule has 0 bridgehead atoms. The summed E-state index contributed by atoms with van der Waals surface area (Å²) in [6.07, 6.45) is 5.38. The highest BCUT2D eigenvalue weighted by molar-refractivity contribution is 5.50. The predicted molar refractivity (Wildman–Crippen MR) is 68.0 cm³/mol. The van der Waals surface area contributed by atoms with Gasteiger partial charge in [0.15, 0.2) is 0 Å². The van der Waals surface area contributed by atoms with E-state index in [1.165, 1.54) is 0 Å². The van der Waals surface area contributed by atoms with Gasteiger partial charge < -0.3 is 9.84 Å². The zero-order valence-electron chi connectivity index (χ0n) is 11.1. The lowest BCUT2D eigenvalue weighted by Crippen LogP contribution is -2.25. The Hall–Kier alpha value is -1.69. The van der Waals surface area contributed by atoms with Gasteiger partial charge >= 0.3 is 0 Å². The summed E-state index contributed by atoms with van der Waals surface area (Å²) in [5.74, 6) is 1.29. The van der Waals surface area contributed by atoms with Gasteiger partial charge in [0.2, 0.25) is 11.7 Å². The molecule has 0 amide bonds. The predicted octanol–water partition coefficient (Wildman–Crippen LogP) is 1.40. The van der Waals surface area contributed by atoms with Crippen molar-refractivity contribution in [3.8, 4) is 11.4 Å². The van der Waals surface area contributed by atoms with Gasteiger partial charge in [-0.25, -0.2) is 0 Å². The van der Waals surface area contributed by atoms with E-state index >= 15 is 0 Å². The lowest BCUT2D eigenvalue weighted by atomic mass is 10.2. The average Bonchev–Trinajstić information content (AvgIpc) is 2.95. The van der Waals surface area contributed by atoms with E-state index in [2.05, 4.69) is 34.4 Å². The summed E-state index contributed by atoms with van der Waals surface area (Å²) >= 11 is 0. The van der Waals surface area contributed by atoms with Gasteiger partial charge in [-0.15, -0.1) is 0 Å². The van der Waals surface area contributed by atoms with Gasteiger partial charge in [-0.1, -0.05) is 12.1 Å². The van der Waals surface area contributed by atoms with Crippen LogP contribution in [-0.4, -0.2) is 32.5 Å². The number of aromatic nitrogens is 4. The molecule has 0 aromatic carbocycles. The maximum atomic E-state index is 5.23. The van der Waals surface area contributed by atoms with Crippen molar-refractivity contribution in [2.75, 3.05) is 6.54 Å². The van der Waals surface area contributed by atoms with Gasteiger partial charge in [0.1, 0.15) is 0 Å². The van der Waals surface area contributed by atoms with Gasteiger partial charge in [0.05, 0.1) is 11.8 Å². The monoisotopic (exact) mass is 249 g/mol. The van der Waals surface area contributed by atoms with Crippen molar-refractivity contribution in [1.29, 1.82) is 0 Å². The minimum atomic E-state index is 0.462. The van der Waals surface area contributed by atoms with Crippen LogP contribution in [0.4, 0.5) is 0 Å². The van der Waals surface area contributed by atoms with Gasteiger partial charge in [-0.3, -0.25) is 4.68 Å². The smallest absolute Gasteiger partial charge is 0.227 e. The molecule has 0 saturated carbocycles. The molecule has 1 atom stereocenters. The highest BCUT2D eigenvalue weighted by atomic mass is 16.5. The molecule has 2 rings (SSSR count). The van der Waals surface area contributed by atoms with Crippen LogP contribution in [0, 0.1) is 0 Å². The Balaban J connectivity index is 1.94. The number of nitrogens with zero attached hydrogens (tertiary/aromatic N) is 4. The molecule has 6 heteroatoms. The van der Waals surface area contributed by atoms with Crippen LogP contribution >= 0.6 is 0 Å². The Morgan fingerprint density at radius 2 is 2.33 bits per heavy atom. The van der Waals surface area contributed by atoms with Crippen LogP contribution in [0.1, 0.15) is 26.2 Å². The topological polar surface area (TPSA) is 68.8 Å². The lowest BCUT2D eigenvalue weighted by Gasteiger charge is -2.09. The summed E-state index contributed by atoms with van der Waals surface area (Å²) in [5, 5.41) is 11.4. The van der Waals surface area contributed by atoms with Gasteiger partial charge in [-0.05, 0) is 19.9 Å². The van der Waals surface area contributed by atoms with Crippen LogP contribution in [-0.2, 0) is 13.5 Å². The highest BCUT2D eigenvalue weighted by Crippen LogP contribution is 2.14. The molecular formula is C12H19N5O. The number of hydrogen-bond donors (Lipinski definition) is 1. The zero-order valence-corrected chi connectivity index (χ0v) is 11.1. The molecule has 0 aliphatic carbocycles. The summed E-state index contributed by atoms with van der Waals surface area (Å²) in [4.78, 5) is 4.37. The summed E-state index contributed by atoms with van der Waals surface area (Å²) < 4.78 is 6.95. The minimum absolute atomic E-state index is 0.462. The Kier molecular flexibility index (Phi) is 4.09. The van der Waals surface area contributed by atoms with Gasteiger partial charge in [0, 0.05) is 25.7 Å². The van der Waals surface area contributed by atoms with Crippen LogP contribution < -0.4 is 5.32 Å². The molecule has 2 aromatic rings. The van der Waals surface area contributed by atoms with E-state index in [1.54, 1.807) is 10.9 Å². The Bertz CT molecular complexity index is 490. The molecular weight excluding hydrogens is 230 g/mol. The highest BCUT2D eigenvalue weighted by Gasteiger charge is 2.11. The molecule has 6 nitrogen and oxygen atoms in total. The van der Waals surface area contributed by atoms with Gasteiger partial charge in [-0.2, -0.15) is 10.1 Å². The van der Waals surface area contributed by atoms with E-state index in [1.807, 2.05) is 13.2 Å². The molecule has 0 aliphatic rings. The molecule has 2 aromatic heterocycles. The van der Waals surface area contributed by atoms with E-state index in [4.69, 9.17) is 4.52 Å². The Labute approximate surface area is 106 Å². The normalized spacial score (nSPS) is 12.8. The summed E-state index contributed by atoms with van der Waals surface area (Å²) in [7, 11) is 1.86. The number of aryl methyl sites for hydroxylation is 2. The molecule has 18 heavy (non-hydrogen) atoms. The lowest BCUT2D eigenvalue weighted by molar-refractivity contribution is 0.368. The first-order valence-electron chi connectivity index (χ1n) is 6.24. The summed E-state index contributed by atoms with van der Waals surface area (Å²) in [6.45, 7) is 5.23. The largest absolute Gasteiger partial charge is 0.339 e. The molecule has 0 saturated heterocycles. The van der Waals surface area contributed by atoms with Crippen molar-refractivity contribution in [3.63, 3.8) is 0 Å². The number of hydrogen-bond acceptors (Lipinski definition) is 5. The molecule has 0 fully saturated rings. The standard InChI is InChI=1S/C12H19N5O/c1-4-13-9(2)5-6-11-15-12(16-18-11)10-7-14-17(3)8-10/h7-9,13H,4-6H2,1-3H3. The fourth-order valence-electron chi connectivity index (χ4n) is 1.80. The summed E-state index contributed by atoms with van der Waals surface area (Å²) in [6, 6.07) is 0.462. The van der Waals surface area contributed by atoms with Gasteiger partial charge in [0.25, 0.3) is 0 Å². The Morgan fingerprint density at radius 3 is 3.00 bits per heavy atom. The van der Waals surface area contributed by atoms with Crippen molar-refractivity contribution < 1.29 is 4.52 Å². The fourth-order valence-corrected chi connectivity index (χ4v) is 1.80. The third-order valence-electron chi connectivity index (χ3n) is 2.77. The van der Waals surface area contributed by atoms with Crippen LogP contribution in [0.3, 0.4) is 0 Å². The van der Waals surface area contributed by atoms with E-state index in [9.17, 15) is 0 Å². The molecule has 1 N–H and O–H groups in total. The third-order valence-corrected chi connectivity index (χ3v) is 2.77. The van der Waals surface area contributed by atoms with Crippen molar-refractivity contribution >= 4 is 0 Å². The maximum absolute atomic E-state index is 5.23. The van der Waals surface area contributed by atoms with Crippen molar-refractivity contribution in [1.82, 2.24) is 25.2 Å². The third kappa shape index (κ3) is 3.16. The zero-order chi connectivity index (χ0) is 13.0. The second-order valence-corrected chi connectivity index (χ2v) is 4.41. The first-order chi connectivity index (χ1) is 8.69. The van der Waals surface area contributed by atoms with Crippen molar-refractivity contribution in [2.24, 2.45) is 7.05 Å². The fraction of sp³-hybridized carbons (Fsp3) is 0.583. The quantitative estimate of drug-likeness (QED) is 0.838. The SMILES string of the molecule is CCNC(C)CCc1nc(-c2cnn(C)c2)no1. The van der Waals surface area contributed by atoms with E-state index < -0.39 is 0 Å². The molecule has 98 valence electrons. The van der Waals surface area contributed by atoms with Crippen molar-refractivity contribution in [3.05, 3.63) is 18.3 Å². The first kappa shape index (κ1) is 12.8. The number of rotatable bonds is 6. The first-order valence-corrected chi connectivity index (χ1v) is 6.24. The van der Waals surface area contributed by atoms with Crippen LogP contribution in [0.15, 0.2) is 16.9 Å². The summed E-state index contributed by atoms with van der Waals surface area (Å²) in [5.41, 5.74) is 0.882. The van der Waals surface area contributed by atoms with E-state index in [-0.39, 0.29) is 0 Å². The molecule has 0 radical (unpaired) electrons. The van der Waals surface area contributed by atoms with E-state index in [0.29, 0.717) is 17.8 Å². The average molecular weight is 249 g/mol. The minimum Gasteiger partial charge on any atom is -0.339 e. The Morgan fingerprint density at radius 1 is 1.50 bits per heavy atom. The molecule has 0 spiro atoms. The van der Waals surface area contributed by atoms with E-state index in [0.717, 1.165) is 24.9 Å². The molecule has 0 aliphatic heterocycles. The maximum Gasteiger partial charge on any atom is 0.227 e. The van der Waals surface area contributed by atoms with Crippen LogP contribution in [0.5, 0.6) is 0 Å². The number of nitrogens with one attached hydrogen (secondary N) is 1. The molecule has 2 heterocycles. The van der Waals surface area contributed by atoms with Crippen LogP contribution in [0.25, 0.3) is 11.4 Å². The van der Waals surface area contributed by atoms with Crippen LogP contribution in [0.2, 0.25) is 0 Å². The second-order valence-electron chi connectivity index (χ2n) is 4.41.